The van der Waals surface area contributed by atoms with Crippen LogP contribution in [0.5, 0.6) is 0 Å². The molecule has 0 radical (unpaired) electrons. The molecule has 1 aliphatic rings. The van der Waals surface area contributed by atoms with Gasteiger partial charge in [0.1, 0.15) is 0 Å². The number of hydrogen-bond acceptors (Lipinski definition) is 3. The number of aryl methyl sites for hydroxylation is 1. The van der Waals surface area contributed by atoms with Crippen molar-refractivity contribution < 1.29 is 9.59 Å². The van der Waals surface area contributed by atoms with E-state index >= 15 is 0 Å². The van der Waals surface area contributed by atoms with E-state index in [9.17, 15) is 9.59 Å². The number of anilines is 1. The molecule has 140 valence electrons. The van der Waals surface area contributed by atoms with Crippen LogP contribution in [-0.2, 0) is 17.8 Å². The summed E-state index contributed by atoms with van der Waals surface area (Å²) < 4.78 is 0. The standard InChI is InChI=1S/C23H21N3O2/c27-22(25-15-16-7-2-1-3-8-16)18-10-4-5-11-20(18)26-23(28)19-13-12-17-9-6-14-24-21(17)19/h1-11,14,19H,12-13,15H2,(H,25,27)(H,26,28)/t19-/m1/s1. The SMILES string of the molecule is O=C(NCc1ccccc1)c1ccccc1NC(=O)[C@@H]1CCc2cccnc21. The van der Waals surface area contributed by atoms with Gasteiger partial charge in [-0.15, -0.1) is 0 Å². The first-order chi connectivity index (χ1) is 13.7. The molecule has 1 heterocycles. The van der Waals surface area contributed by atoms with Gasteiger partial charge < -0.3 is 10.6 Å². The lowest BCUT2D eigenvalue weighted by molar-refractivity contribution is -0.117. The highest BCUT2D eigenvalue weighted by Crippen LogP contribution is 2.32. The third kappa shape index (κ3) is 3.78. The number of pyridine rings is 1. The second-order valence-corrected chi connectivity index (χ2v) is 6.84. The molecule has 0 fully saturated rings. The number of rotatable bonds is 5. The summed E-state index contributed by atoms with van der Waals surface area (Å²) in [6.07, 6.45) is 3.30. The Morgan fingerprint density at radius 1 is 0.964 bits per heavy atom. The predicted octanol–water partition coefficient (Wildman–Crippen LogP) is 3.68. The molecule has 0 saturated carbocycles. The highest BCUT2D eigenvalue weighted by atomic mass is 16.2. The van der Waals surface area contributed by atoms with Crippen LogP contribution in [0.25, 0.3) is 0 Å². The van der Waals surface area contributed by atoms with E-state index in [4.69, 9.17) is 0 Å². The van der Waals surface area contributed by atoms with Crippen molar-refractivity contribution in [3.8, 4) is 0 Å². The van der Waals surface area contributed by atoms with Crippen molar-refractivity contribution in [1.82, 2.24) is 10.3 Å². The zero-order valence-corrected chi connectivity index (χ0v) is 15.4. The Bertz CT molecular complexity index is 1000. The first-order valence-electron chi connectivity index (χ1n) is 9.38. The van der Waals surface area contributed by atoms with Crippen molar-refractivity contribution >= 4 is 17.5 Å². The van der Waals surface area contributed by atoms with E-state index in [0.29, 0.717) is 17.8 Å². The number of hydrogen-bond donors (Lipinski definition) is 2. The Morgan fingerprint density at radius 3 is 2.61 bits per heavy atom. The lowest BCUT2D eigenvalue weighted by Gasteiger charge is -2.14. The van der Waals surface area contributed by atoms with Crippen molar-refractivity contribution in [3.63, 3.8) is 0 Å². The summed E-state index contributed by atoms with van der Waals surface area (Å²) in [5.41, 5.74) is 3.95. The number of nitrogens with zero attached hydrogens (tertiary/aromatic N) is 1. The van der Waals surface area contributed by atoms with E-state index in [1.165, 1.54) is 0 Å². The van der Waals surface area contributed by atoms with Crippen molar-refractivity contribution in [2.24, 2.45) is 0 Å². The van der Waals surface area contributed by atoms with Crippen LogP contribution in [-0.4, -0.2) is 16.8 Å². The molecular formula is C23H21N3O2. The minimum Gasteiger partial charge on any atom is -0.348 e. The smallest absolute Gasteiger partial charge is 0.253 e. The molecule has 2 amide bonds. The van der Waals surface area contributed by atoms with Gasteiger partial charge in [-0.25, -0.2) is 0 Å². The number of aromatic nitrogens is 1. The maximum absolute atomic E-state index is 12.8. The molecule has 0 unspecified atom stereocenters. The molecule has 0 saturated heterocycles. The third-order valence-corrected chi connectivity index (χ3v) is 5.00. The summed E-state index contributed by atoms with van der Waals surface area (Å²) in [5, 5.41) is 5.84. The van der Waals surface area contributed by atoms with Crippen LogP contribution in [0, 0.1) is 0 Å². The quantitative estimate of drug-likeness (QED) is 0.719. The van der Waals surface area contributed by atoms with E-state index < -0.39 is 0 Å². The second kappa shape index (κ2) is 8.05. The molecule has 2 N–H and O–H groups in total. The van der Waals surface area contributed by atoms with E-state index in [0.717, 1.165) is 29.7 Å². The number of carbonyl (C=O) groups excluding carboxylic acids is 2. The number of benzene rings is 2. The van der Waals surface area contributed by atoms with Crippen molar-refractivity contribution in [2.45, 2.75) is 25.3 Å². The van der Waals surface area contributed by atoms with Crippen molar-refractivity contribution in [2.75, 3.05) is 5.32 Å². The third-order valence-electron chi connectivity index (χ3n) is 5.00. The summed E-state index contributed by atoms with van der Waals surface area (Å²) >= 11 is 0. The van der Waals surface area contributed by atoms with Gasteiger partial charge in [0.15, 0.2) is 0 Å². The predicted molar refractivity (Wildman–Crippen MR) is 108 cm³/mol. The van der Waals surface area contributed by atoms with Crippen LogP contribution >= 0.6 is 0 Å². The fourth-order valence-electron chi connectivity index (χ4n) is 3.55. The van der Waals surface area contributed by atoms with Crippen LogP contribution in [0.15, 0.2) is 72.9 Å². The second-order valence-electron chi connectivity index (χ2n) is 6.84. The van der Waals surface area contributed by atoms with E-state index in [-0.39, 0.29) is 17.7 Å². The highest BCUT2D eigenvalue weighted by molar-refractivity contribution is 6.05. The fraction of sp³-hybridized carbons (Fsp3) is 0.174. The Morgan fingerprint density at radius 2 is 1.75 bits per heavy atom. The zero-order valence-electron chi connectivity index (χ0n) is 15.4. The maximum atomic E-state index is 12.8. The van der Waals surface area contributed by atoms with Gasteiger partial charge in [-0.05, 0) is 42.2 Å². The number of fused-ring (bicyclic) bond motifs is 1. The van der Waals surface area contributed by atoms with Gasteiger partial charge in [-0.3, -0.25) is 14.6 Å². The Kier molecular flexibility index (Phi) is 5.15. The largest absolute Gasteiger partial charge is 0.348 e. The molecule has 5 nitrogen and oxygen atoms in total. The van der Waals surface area contributed by atoms with Gasteiger partial charge in [0, 0.05) is 12.7 Å². The molecule has 28 heavy (non-hydrogen) atoms. The lowest BCUT2D eigenvalue weighted by Crippen LogP contribution is -2.26. The number of carbonyl (C=O) groups is 2. The molecule has 1 aliphatic carbocycles. The number of amides is 2. The monoisotopic (exact) mass is 371 g/mol. The summed E-state index contributed by atoms with van der Waals surface area (Å²) in [6, 6.07) is 20.7. The van der Waals surface area contributed by atoms with Gasteiger partial charge in [-0.1, -0.05) is 48.5 Å². The van der Waals surface area contributed by atoms with Crippen LogP contribution in [0.2, 0.25) is 0 Å². The number of nitrogens with one attached hydrogen (secondary N) is 2. The molecule has 2 aromatic carbocycles. The van der Waals surface area contributed by atoms with Crippen LogP contribution in [0.3, 0.4) is 0 Å². The summed E-state index contributed by atoms with van der Waals surface area (Å²) in [4.78, 5) is 29.9. The Balaban J connectivity index is 1.47. The molecule has 4 rings (SSSR count). The minimum absolute atomic E-state index is 0.124. The molecule has 5 heteroatoms. The van der Waals surface area contributed by atoms with E-state index in [1.54, 1.807) is 24.4 Å². The van der Waals surface area contributed by atoms with Gasteiger partial charge >= 0.3 is 0 Å². The maximum Gasteiger partial charge on any atom is 0.253 e. The number of para-hydroxylation sites is 1. The lowest BCUT2D eigenvalue weighted by atomic mass is 10.0. The summed E-state index contributed by atoms with van der Waals surface area (Å²) in [5.74, 6) is -0.623. The topological polar surface area (TPSA) is 71.1 Å². The minimum atomic E-state index is -0.281. The van der Waals surface area contributed by atoms with Crippen LogP contribution < -0.4 is 10.6 Å². The average Bonchev–Trinajstić information content (AvgIpc) is 3.17. The van der Waals surface area contributed by atoms with E-state index in [1.807, 2.05) is 48.5 Å². The van der Waals surface area contributed by atoms with Gasteiger partial charge in [0.05, 0.1) is 22.9 Å². The Labute approximate surface area is 163 Å². The first-order valence-corrected chi connectivity index (χ1v) is 9.38. The normalized spacial score (nSPS) is 14.9. The summed E-state index contributed by atoms with van der Waals surface area (Å²) in [7, 11) is 0. The summed E-state index contributed by atoms with van der Waals surface area (Å²) in [6.45, 7) is 0.432. The zero-order chi connectivity index (χ0) is 19.3. The Hall–Kier alpha value is -3.47. The van der Waals surface area contributed by atoms with E-state index in [2.05, 4.69) is 15.6 Å². The van der Waals surface area contributed by atoms with Crippen molar-refractivity contribution in [3.05, 3.63) is 95.3 Å². The highest BCUT2D eigenvalue weighted by Gasteiger charge is 2.30. The molecule has 0 bridgehead atoms. The molecule has 1 atom stereocenters. The average molecular weight is 371 g/mol. The molecule has 0 spiro atoms. The fourth-order valence-corrected chi connectivity index (χ4v) is 3.55. The van der Waals surface area contributed by atoms with Crippen molar-refractivity contribution in [1.29, 1.82) is 0 Å². The molecule has 3 aromatic rings. The van der Waals surface area contributed by atoms with Gasteiger partial charge in [-0.2, -0.15) is 0 Å². The molecular weight excluding hydrogens is 350 g/mol. The van der Waals surface area contributed by atoms with Crippen LogP contribution in [0.4, 0.5) is 5.69 Å². The van der Waals surface area contributed by atoms with Crippen LogP contribution in [0.1, 0.15) is 39.5 Å². The molecule has 0 aliphatic heterocycles. The first kappa shape index (κ1) is 17.9. The molecule has 1 aromatic heterocycles. The van der Waals surface area contributed by atoms with Gasteiger partial charge in [0.2, 0.25) is 5.91 Å². The van der Waals surface area contributed by atoms with Gasteiger partial charge in [0.25, 0.3) is 5.91 Å².